The first-order valence-electron chi connectivity index (χ1n) is 5.73. The third-order valence-corrected chi connectivity index (χ3v) is 4.07. The van der Waals surface area contributed by atoms with Gasteiger partial charge in [0.05, 0.1) is 4.90 Å². The van der Waals surface area contributed by atoms with Gasteiger partial charge in [0, 0.05) is 6.04 Å². The van der Waals surface area contributed by atoms with Crippen LogP contribution in [-0.4, -0.2) is 26.8 Å². The summed E-state index contributed by atoms with van der Waals surface area (Å²) in [5.41, 5.74) is 0.422. The van der Waals surface area contributed by atoms with E-state index >= 15 is 0 Å². The van der Waals surface area contributed by atoms with Gasteiger partial charge in [-0.1, -0.05) is 25.1 Å². The summed E-state index contributed by atoms with van der Waals surface area (Å²) < 4.78 is 48.2. The van der Waals surface area contributed by atoms with Crippen LogP contribution in [0.4, 0.5) is 8.78 Å². The summed E-state index contributed by atoms with van der Waals surface area (Å²) in [6.45, 7) is 4.55. The molecule has 0 heterocycles. The topological polar surface area (TPSA) is 46.2 Å². The first-order valence-corrected chi connectivity index (χ1v) is 7.27. The highest BCUT2D eigenvalue weighted by molar-refractivity contribution is 7.91. The Balaban J connectivity index is 3.08. The second kappa shape index (κ2) is 6.24. The van der Waals surface area contributed by atoms with E-state index < -0.39 is 15.6 Å². The summed E-state index contributed by atoms with van der Waals surface area (Å²) in [5.74, 6) is -3.38. The van der Waals surface area contributed by atoms with E-state index in [1.807, 2.05) is 13.8 Å². The minimum Gasteiger partial charge on any atom is -0.314 e. The first-order chi connectivity index (χ1) is 8.39. The van der Waals surface area contributed by atoms with Crippen molar-refractivity contribution in [1.29, 1.82) is 0 Å². The zero-order valence-corrected chi connectivity index (χ0v) is 11.2. The summed E-state index contributed by atoms with van der Waals surface area (Å²) in [5, 5.41) is 3.12. The van der Waals surface area contributed by atoms with Gasteiger partial charge in [0.15, 0.2) is 0 Å². The number of benzene rings is 1. The van der Waals surface area contributed by atoms with Crippen molar-refractivity contribution in [3.63, 3.8) is 0 Å². The fraction of sp³-hybridized carbons (Fsp3) is 0.500. The van der Waals surface area contributed by atoms with E-state index in [9.17, 15) is 17.2 Å². The van der Waals surface area contributed by atoms with Crippen LogP contribution >= 0.6 is 0 Å². The van der Waals surface area contributed by atoms with Gasteiger partial charge < -0.3 is 5.32 Å². The third-order valence-electron chi connectivity index (χ3n) is 2.59. The molecule has 1 aromatic rings. The van der Waals surface area contributed by atoms with E-state index in [4.69, 9.17) is 0 Å². The second-order valence-corrected chi connectivity index (χ2v) is 5.96. The lowest BCUT2D eigenvalue weighted by Crippen LogP contribution is -2.28. The van der Waals surface area contributed by atoms with E-state index in [1.54, 1.807) is 12.1 Å². The molecule has 1 unspecified atom stereocenters. The van der Waals surface area contributed by atoms with Crippen LogP contribution in [0.2, 0.25) is 0 Å². The van der Waals surface area contributed by atoms with Crippen LogP contribution < -0.4 is 5.32 Å². The highest BCUT2D eigenvalue weighted by Crippen LogP contribution is 2.23. The molecule has 0 aliphatic rings. The number of alkyl halides is 2. The molecule has 0 fully saturated rings. The monoisotopic (exact) mass is 277 g/mol. The van der Waals surface area contributed by atoms with Gasteiger partial charge in [-0.15, -0.1) is 0 Å². The maximum absolute atomic E-state index is 12.6. The van der Waals surface area contributed by atoms with Crippen molar-refractivity contribution in [1.82, 2.24) is 5.32 Å². The van der Waals surface area contributed by atoms with Crippen LogP contribution in [-0.2, 0) is 16.3 Å². The molecule has 18 heavy (non-hydrogen) atoms. The zero-order valence-electron chi connectivity index (χ0n) is 10.4. The molecule has 3 nitrogen and oxygen atoms in total. The molecule has 0 bridgehead atoms. The van der Waals surface area contributed by atoms with Gasteiger partial charge in [0.2, 0.25) is 9.84 Å². The van der Waals surface area contributed by atoms with Crippen LogP contribution in [0.15, 0.2) is 29.2 Å². The van der Waals surface area contributed by atoms with Crippen LogP contribution in [0, 0.1) is 0 Å². The summed E-state index contributed by atoms with van der Waals surface area (Å²) in [6, 6.07) is 5.94. The molecule has 1 aromatic carbocycles. The Hall–Kier alpha value is -1.01. The number of nitrogens with one attached hydrogen (secondary N) is 1. The van der Waals surface area contributed by atoms with Gasteiger partial charge in [-0.2, -0.15) is 8.78 Å². The Bertz CT molecular complexity index is 489. The number of likely N-dealkylation sites (N-methyl/N-ethyl adjacent to an activating group) is 1. The fourth-order valence-corrected chi connectivity index (χ4v) is 2.77. The Morgan fingerprint density at radius 1 is 1.28 bits per heavy atom. The minimum atomic E-state index is -4.53. The molecule has 1 rings (SSSR count). The average molecular weight is 277 g/mol. The van der Waals surface area contributed by atoms with Gasteiger partial charge in [-0.3, -0.25) is 0 Å². The SMILES string of the molecule is CCNC(C)Cc1ccccc1S(=O)(=O)C(F)F. The predicted octanol–water partition coefficient (Wildman–Crippen LogP) is 2.22. The van der Waals surface area contributed by atoms with Crippen molar-refractivity contribution >= 4 is 9.84 Å². The van der Waals surface area contributed by atoms with E-state index in [2.05, 4.69) is 5.32 Å². The molecule has 0 spiro atoms. The Morgan fingerprint density at radius 3 is 2.44 bits per heavy atom. The van der Waals surface area contributed by atoms with Gasteiger partial charge in [-0.05, 0) is 31.5 Å². The fourth-order valence-electron chi connectivity index (χ4n) is 1.80. The van der Waals surface area contributed by atoms with E-state index in [1.165, 1.54) is 12.1 Å². The van der Waals surface area contributed by atoms with Gasteiger partial charge >= 0.3 is 5.76 Å². The van der Waals surface area contributed by atoms with Crippen LogP contribution in [0.1, 0.15) is 19.4 Å². The number of hydrogen-bond donors (Lipinski definition) is 1. The molecular weight excluding hydrogens is 260 g/mol. The summed E-state index contributed by atoms with van der Waals surface area (Å²) in [4.78, 5) is -0.273. The maximum Gasteiger partial charge on any atom is 0.341 e. The Labute approximate surface area is 106 Å². The zero-order chi connectivity index (χ0) is 13.8. The highest BCUT2D eigenvalue weighted by atomic mass is 32.2. The smallest absolute Gasteiger partial charge is 0.314 e. The van der Waals surface area contributed by atoms with Crippen molar-refractivity contribution in [2.45, 2.75) is 37.0 Å². The third kappa shape index (κ3) is 3.49. The molecule has 102 valence electrons. The number of sulfone groups is 1. The Morgan fingerprint density at radius 2 is 1.89 bits per heavy atom. The molecule has 0 amide bonds. The summed E-state index contributed by atoms with van der Waals surface area (Å²) in [7, 11) is -4.53. The van der Waals surface area contributed by atoms with Crippen molar-refractivity contribution < 1.29 is 17.2 Å². The minimum absolute atomic E-state index is 0.0315. The standard InChI is InChI=1S/C12H17F2NO2S/c1-3-15-9(2)8-10-6-4-5-7-11(10)18(16,17)12(13)14/h4-7,9,12,15H,3,8H2,1-2H3. The molecule has 6 heteroatoms. The highest BCUT2D eigenvalue weighted by Gasteiger charge is 2.28. The first kappa shape index (κ1) is 15.0. The lowest BCUT2D eigenvalue weighted by atomic mass is 10.1. The molecule has 1 N–H and O–H groups in total. The van der Waals surface area contributed by atoms with Crippen molar-refractivity contribution in [2.75, 3.05) is 6.54 Å². The normalized spacial score (nSPS) is 13.8. The van der Waals surface area contributed by atoms with E-state index in [0.29, 0.717) is 12.0 Å². The van der Waals surface area contributed by atoms with Crippen molar-refractivity contribution in [3.05, 3.63) is 29.8 Å². The number of hydrogen-bond acceptors (Lipinski definition) is 3. The molecule has 0 radical (unpaired) electrons. The molecule has 0 aromatic heterocycles. The lowest BCUT2D eigenvalue weighted by Gasteiger charge is -2.15. The van der Waals surface area contributed by atoms with Crippen LogP contribution in [0.5, 0.6) is 0 Å². The Kier molecular flexibility index (Phi) is 5.22. The summed E-state index contributed by atoms with van der Waals surface area (Å²) >= 11 is 0. The van der Waals surface area contributed by atoms with Gasteiger partial charge in [0.1, 0.15) is 0 Å². The van der Waals surface area contributed by atoms with Gasteiger partial charge in [0.25, 0.3) is 0 Å². The number of halogens is 2. The van der Waals surface area contributed by atoms with Crippen molar-refractivity contribution in [3.8, 4) is 0 Å². The van der Waals surface area contributed by atoms with Gasteiger partial charge in [-0.25, -0.2) is 8.42 Å². The quantitative estimate of drug-likeness (QED) is 0.867. The average Bonchev–Trinajstić information content (AvgIpc) is 2.29. The summed E-state index contributed by atoms with van der Waals surface area (Å²) in [6.07, 6.45) is 0.399. The second-order valence-electron chi connectivity index (χ2n) is 4.08. The molecule has 0 saturated carbocycles. The molecule has 1 atom stereocenters. The molecule has 0 aliphatic carbocycles. The predicted molar refractivity (Wildman–Crippen MR) is 66.5 cm³/mol. The maximum atomic E-state index is 12.6. The largest absolute Gasteiger partial charge is 0.341 e. The molecule has 0 aliphatic heterocycles. The van der Waals surface area contributed by atoms with Crippen molar-refractivity contribution in [2.24, 2.45) is 0 Å². The molecule has 0 saturated heterocycles. The van der Waals surface area contributed by atoms with Crippen LogP contribution in [0.3, 0.4) is 0 Å². The molecular formula is C12H17F2NO2S. The van der Waals surface area contributed by atoms with Crippen LogP contribution in [0.25, 0.3) is 0 Å². The van der Waals surface area contributed by atoms with E-state index in [0.717, 1.165) is 6.54 Å². The number of rotatable bonds is 6. The van der Waals surface area contributed by atoms with E-state index in [-0.39, 0.29) is 10.9 Å². The lowest BCUT2D eigenvalue weighted by molar-refractivity contribution is 0.234.